The summed E-state index contributed by atoms with van der Waals surface area (Å²) < 4.78 is 46.6. The summed E-state index contributed by atoms with van der Waals surface area (Å²) >= 11 is 0. The Morgan fingerprint density at radius 1 is 1.39 bits per heavy atom. The van der Waals surface area contributed by atoms with Crippen LogP contribution in [0.2, 0.25) is 0 Å². The van der Waals surface area contributed by atoms with E-state index in [0.29, 0.717) is 6.07 Å². The molecule has 0 saturated carbocycles. The summed E-state index contributed by atoms with van der Waals surface area (Å²) in [6.07, 6.45) is 1.47. The van der Waals surface area contributed by atoms with E-state index >= 15 is 0 Å². The Morgan fingerprint density at radius 2 is 2.00 bits per heavy atom. The Bertz CT molecular complexity index is 810. The molecule has 28 heavy (non-hydrogen) atoms. The smallest absolute Gasteiger partial charge is 0.412 e. The molecular weight excluding hydrogens is 393 g/mol. The number of thiocyanates is 1. The number of benzene rings is 1. The minimum Gasteiger partial charge on any atom is -0.442 e. The van der Waals surface area contributed by atoms with Gasteiger partial charge in [0.25, 0.3) is 0 Å². The van der Waals surface area contributed by atoms with Gasteiger partial charge in [-0.3, -0.25) is 4.90 Å². The van der Waals surface area contributed by atoms with Crippen molar-refractivity contribution in [2.24, 2.45) is 0 Å². The van der Waals surface area contributed by atoms with Gasteiger partial charge in [0.15, 0.2) is 11.6 Å². The van der Waals surface area contributed by atoms with Gasteiger partial charge in [-0.25, -0.2) is 18.0 Å². The third-order valence-electron chi connectivity index (χ3n) is 5.42. The third-order valence-corrected chi connectivity index (χ3v) is 8.22. The first kappa shape index (κ1) is 22.4. The van der Waals surface area contributed by atoms with Crippen molar-refractivity contribution in [1.82, 2.24) is 4.90 Å². The molecule has 5 nitrogen and oxygen atoms in total. The number of nitrogens with zero attached hydrogens (tertiary/aromatic N) is 2. The van der Waals surface area contributed by atoms with E-state index in [1.54, 1.807) is 13.8 Å². The predicted octanol–water partition coefficient (Wildman–Crippen LogP) is 4.06. The predicted molar refractivity (Wildman–Crippen MR) is 101 cm³/mol. The number of ether oxygens (including phenoxy) is 1. The lowest BCUT2D eigenvalue weighted by Crippen LogP contribution is -2.46. The van der Waals surface area contributed by atoms with Crippen LogP contribution in [0.4, 0.5) is 18.0 Å². The lowest BCUT2D eigenvalue weighted by molar-refractivity contribution is -0.0191. The Hall–Kier alpha value is -1.92. The summed E-state index contributed by atoms with van der Waals surface area (Å²) in [7, 11) is -1.69. The van der Waals surface area contributed by atoms with Crippen molar-refractivity contribution in [1.29, 1.82) is 5.26 Å². The molecule has 1 aliphatic heterocycles. The van der Waals surface area contributed by atoms with Crippen LogP contribution in [0.15, 0.2) is 12.1 Å². The Kier molecular flexibility index (Phi) is 6.26. The maximum absolute atomic E-state index is 14.1. The summed E-state index contributed by atoms with van der Waals surface area (Å²) in [6, 6.07) is 1.31. The average Bonchev–Trinajstić information content (AvgIpc) is 2.98. The SMILES string of the molecule is CC(C(C)(C)OC(=O)N1C[C@@H](c2cc(F)cc(F)c2F)CC1O)S(C)(C)C#N. The van der Waals surface area contributed by atoms with Crippen molar-refractivity contribution in [2.75, 3.05) is 19.1 Å². The first-order valence-electron chi connectivity index (χ1n) is 8.75. The number of nitriles is 1. The van der Waals surface area contributed by atoms with Crippen LogP contribution in [-0.4, -0.2) is 52.2 Å². The highest BCUT2D eigenvalue weighted by Gasteiger charge is 2.42. The van der Waals surface area contributed by atoms with Gasteiger partial charge in [-0.1, -0.05) is 6.92 Å². The summed E-state index contributed by atoms with van der Waals surface area (Å²) in [5.41, 5.74) is -1.21. The molecule has 0 aliphatic carbocycles. The van der Waals surface area contributed by atoms with Crippen molar-refractivity contribution >= 4 is 16.1 Å². The van der Waals surface area contributed by atoms with Crippen LogP contribution in [0.1, 0.15) is 38.7 Å². The van der Waals surface area contributed by atoms with Gasteiger partial charge < -0.3 is 9.84 Å². The van der Waals surface area contributed by atoms with Crippen LogP contribution in [0.25, 0.3) is 0 Å². The number of aliphatic hydroxyl groups excluding tert-OH is 1. The Morgan fingerprint density at radius 3 is 2.57 bits per heavy atom. The minimum absolute atomic E-state index is 0.0696. The number of carbonyl (C=O) groups excluding carboxylic acids is 1. The largest absolute Gasteiger partial charge is 0.442 e. The van der Waals surface area contributed by atoms with Gasteiger partial charge in [-0.2, -0.15) is 15.3 Å². The molecule has 156 valence electrons. The van der Waals surface area contributed by atoms with E-state index in [2.05, 4.69) is 5.40 Å². The number of rotatable bonds is 4. The molecule has 1 heterocycles. The van der Waals surface area contributed by atoms with Gasteiger partial charge in [0.2, 0.25) is 0 Å². The summed E-state index contributed by atoms with van der Waals surface area (Å²) in [6.45, 7) is 5.05. The van der Waals surface area contributed by atoms with Gasteiger partial charge in [-0.05, 0) is 38.0 Å². The second-order valence-corrected chi connectivity index (χ2v) is 11.7. The molecule has 1 aromatic rings. The molecule has 0 spiro atoms. The molecule has 1 amide bonds. The zero-order valence-corrected chi connectivity index (χ0v) is 17.3. The Balaban J connectivity index is 2.17. The molecule has 1 aliphatic rings. The normalized spacial score (nSPS) is 21.9. The summed E-state index contributed by atoms with van der Waals surface area (Å²) in [5.74, 6) is -4.21. The van der Waals surface area contributed by atoms with Crippen LogP contribution >= 0.6 is 10.0 Å². The fourth-order valence-corrected chi connectivity index (χ4v) is 4.89. The van der Waals surface area contributed by atoms with Gasteiger partial charge in [0, 0.05) is 30.2 Å². The zero-order chi connectivity index (χ0) is 21.4. The van der Waals surface area contributed by atoms with Crippen LogP contribution < -0.4 is 0 Å². The van der Waals surface area contributed by atoms with Crippen LogP contribution in [0.3, 0.4) is 0 Å². The number of likely N-dealkylation sites (tertiary alicyclic amines) is 1. The fraction of sp³-hybridized carbons (Fsp3) is 0.579. The van der Waals surface area contributed by atoms with Gasteiger partial charge in [0.1, 0.15) is 23.0 Å². The van der Waals surface area contributed by atoms with E-state index in [9.17, 15) is 28.3 Å². The standard InChI is InChI=1S/C19H25F3N2O3S/c1-11(28(4,5)10-23)19(2,3)27-18(26)24-9-12(6-16(24)25)14-7-13(20)8-15(21)17(14)22/h7-8,11-12,16,25H,6,9H2,1-5H3/t11?,12-,16?/m0/s1. The summed E-state index contributed by atoms with van der Waals surface area (Å²) in [4.78, 5) is 13.6. The second-order valence-electron chi connectivity index (χ2n) is 7.97. The molecule has 3 atom stereocenters. The van der Waals surface area contributed by atoms with Crippen LogP contribution in [0, 0.1) is 28.1 Å². The molecule has 9 heteroatoms. The Labute approximate surface area is 164 Å². The third kappa shape index (κ3) is 4.39. The van der Waals surface area contributed by atoms with E-state index in [4.69, 9.17) is 4.74 Å². The highest BCUT2D eigenvalue weighted by atomic mass is 32.3. The molecule has 1 N–H and O–H groups in total. The van der Waals surface area contributed by atoms with Gasteiger partial charge in [-0.15, -0.1) is 0 Å². The van der Waals surface area contributed by atoms with Crippen molar-refractivity contribution in [2.45, 2.75) is 50.2 Å². The molecule has 0 radical (unpaired) electrons. The van der Waals surface area contributed by atoms with Crippen molar-refractivity contribution in [3.8, 4) is 5.40 Å². The monoisotopic (exact) mass is 418 g/mol. The molecule has 0 aromatic heterocycles. The van der Waals surface area contributed by atoms with Crippen LogP contribution in [0.5, 0.6) is 0 Å². The minimum atomic E-state index is -1.69. The molecule has 1 fully saturated rings. The molecule has 2 unspecified atom stereocenters. The number of hydrogen-bond acceptors (Lipinski definition) is 4. The van der Waals surface area contributed by atoms with Crippen LogP contribution in [-0.2, 0) is 4.74 Å². The van der Waals surface area contributed by atoms with E-state index in [1.807, 2.05) is 19.4 Å². The van der Waals surface area contributed by atoms with E-state index in [1.165, 1.54) is 0 Å². The molecular formula is C19H25F3N2O3S. The lowest BCUT2D eigenvalue weighted by Gasteiger charge is -2.41. The highest BCUT2D eigenvalue weighted by molar-refractivity contribution is 8.36. The molecule has 1 saturated heterocycles. The molecule has 1 aromatic carbocycles. The maximum Gasteiger partial charge on any atom is 0.412 e. The van der Waals surface area contributed by atoms with Crippen molar-refractivity contribution in [3.05, 3.63) is 35.1 Å². The average molecular weight is 418 g/mol. The van der Waals surface area contributed by atoms with Gasteiger partial charge >= 0.3 is 6.09 Å². The number of hydrogen-bond donors (Lipinski definition) is 1. The second kappa shape index (κ2) is 7.84. The molecule has 0 bridgehead atoms. The zero-order valence-electron chi connectivity index (χ0n) is 16.5. The van der Waals surface area contributed by atoms with Crippen molar-refractivity contribution < 1.29 is 27.8 Å². The fourth-order valence-electron chi connectivity index (χ4n) is 3.27. The first-order valence-corrected chi connectivity index (χ1v) is 11.3. The number of halogens is 3. The summed E-state index contributed by atoms with van der Waals surface area (Å²) in [5, 5.41) is 21.6. The van der Waals surface area contributed by atoms with E-state index in [-0.39, 0.29) is 23.8 Å². The highest BCUT2D eigenvalue weighted by Crippen LogP contribution is 2.49. The first-order chi connectivity index (χ1) is 12.8. The van der Waals surface area contributed by atoms with E-state index < -0.39 is 51.3 Å². The van der Waals surface area contributed by atoms with E-state index in [0.717, 1.165) is 11.0 Å². The quantitative estimate of drug-likeness (QED) is 0.591. The number of amides is 1. The lowest BCUT2D eigenvalue weighted by atomic mass is 9.97. The number of carbonyl (C=O) groups is 1. The topological polar surface area (TPSA) is 73.6 Å². The number of aliphatic hydroxyl groups is 1. The van der Waals surface area contributed by atoms with Crippen molar-refractivity contribution in [3.63, 3.8) is 0 Å². The molecule has 2 rings (SSSR count). The maximum atomic E-state index is 14.1. The van der Waals surface area contributed by atoms with Gasteiger partial charge in [0.05, 0.1) is 0 Å².